The van der Waals surface area contributed by atoms with Gasteiger partial charge < -0.3 is 21.5 Å². The van der Waals surface area contributed by atoms with Gasteiger partial charge in [-0.15, -0.1) is 0 Å². The first kappa shape index (κ1) is 19.8. The van der Waals surface area contributed by atoms with Gasteiger partial charge in [-0.1, -0.05) is 6.07 Å². The maximum atomic E-state index is 12.7. The van der Waals surface area contributed by atoms with Gasteiger partial charge in [-0.3, -0.25) is 15.2 Å². The van der Waals surface area contributed by atoms with Gasteiger partial charge in [-0.25, -0.2) is 9.98 Å². The van der Waals surface area contributed by atoms with Gasteiger partial charge in [0.15, 0.2) is 11.5 Å². The molecule has 4 unspecified atom stereocenters. The van der Waals surface area contributed by atoms with Crippen LogP contribution in [0, 0.1) is 17.2 Å². The van der Waals surface area contributed by atoms with Gasteiger partial charge in [0.1, 0.15) is 12.2 Å². The van der Waals surface area contributed by atoms with Crippen molar-refractivity contribution in [3.8, 4) is 11.1 Å². The molecule has 5 heterocycles. The summed E-state index contributed by atoms with van der Waals surface area (Å²) in [5.41, 5.74) is 16.0. The summed E-state index contributed by atoms with van der Waals surface area (Å²) in [4.78, 5) is 27.5. The molecule has 168 valence electrons. The molecule has 11 heteroatoms. The molecule has 2 saturated heterocycles. The number of rotatable bonds is 4. The fourth-order valence-electron chi connectivity index (χ4n) is 5.89. The van der Waals surface area contributed by atoms with Crippen molar-refractivity contribution >= 4 is 29.5 Å². The SMILES string of the molecule is N=CN=C(N)C(=O)N1C2CC(c3cc(N)n4ncc(-c5ccc(CO)nc5)c4n3)C3C(C2)[C@@H]31. The standard InChI is InChI=1S/C22H23N9O2/c23-9-27-20(25)22(33)30-12-3-13(18-14(4-12)19(18)30)16-5-17(24)31-21(29-16)15(7-28-31)10-1-2-11(8-32)26-6-10/h1-2,5-7,9,12-14,18-19,32H,3-4,8,24H2,(H3,23,25,27)/t12?,13?,14?,18?,19-/m0/s1. The molecule has 0 aromatic carbocycles. The third kappa shape index (κ3) is 2.85. The second-order valence-electron chi connectivity index (χ2n) is 8.92. The van der Waals surface area contributed by atoms with E-state index in [2.05, 4.69) is 15.1 Å². The monoisotopic (exact) mass is 445 g/mol. The van der Waals surface area contributed by atoms with Crippen molar-refractivity contribution in [2.45, 2.75) is 37.5 Å². The molecule has 2 aliphatic heterocycles. The molecule has 3 aromatic rings. The smallest absolute Gasteiger partial charge is 0.289 e. The zero-order chi connectivity index (χ0) is 22.9. The van der Waals surface area contributed by atoms with Gasteiger partial charge in [0.25, 0.3) is 5.91 Å². The summed E-state index contributed by atoms with van der Waals surface area (Å²) in [5, 5.41) is 20.7. The lowest BCUT2D eigenvalue weighted by Gasteiger charge is -2.38. The molecule has 7 rings (SSSR count). The Labute approximate surface area is 188 Å². The molecule has 2 aliphatic carbocycles. The van der Waals surface area contributed by atoms with Crippen LogP contribution in [0.4, 0.5) is 5.82 Å². The molecule has 0 spiro atoms. The Morgan fingerprint density at radius 2 is 2.18 bits per heavy atom. The van der Waals surface area contributed by atoms with Gasteiger partial charge in [0.2, 0.25) is 0 Å². The first-order chi connectivity index (χ1) is 16.0. The van der Waals surface area contributed by atoms with Gasteiger partial charge >= 0.3 is 0 Å². The van der Waals surface area contributed by atoms with E-state index in [1.807, 2.05) is 17.0 Å². The average Bonchev–Trinajstić information content (AvgIpc) is 3.22. The Bertz CT molecular complexity index is 1310. The maximum absolute atomic E-state index is 12.7. The molecule has 4 fully saturated rings. The predicted octanol–water partition coefficient (Wildman–Crippen LogP) is 0.533. The topological polar surface area (TPSA) is 172 Å². The summed E-state index contributed by atoms with van der Waals surface area (Å²) >= 11 is 0. The van der Waals surface area contributed by atoms with Crippen LogP contribution in [-0.2, 0) is 11.4 Å². The lowest BCUT2D eigenvalue weighted by atomic mass is 9.81. The molecule has 0 radical (unpaired) electrons. The number of aliphatic imine (C=N–C) groups is 1. The molecular formula is C22H23N9O2. The van der Waals surface area contributed by atoms with Crippen LogP contribution in [-0.4, -0.2) is 59.8 Å². The second kappa shape index (κ2) is 7.07. The zero-order valence-corrected chi connectivity index (χ0v) is 17.7. The Morgan fingerprint density at radius 3 is 2.88 bits per heavy atom. The van der Waals surface area contributed by atoms with E-state index in [4.69, 9.17) is 21.9 Å². The zero-order valence-electron chi connectivity index (χ0n) is 17.7. The fourth-order valence-corrected chi connectivity index (χ4v) is 5.89. The number of aliphatic hydroxyl groups is 1. The van der Waals surface area contributed by atoms with E-state index in [1.54, 1.807) is 23.0 Å². The minimum atomic E-state index is -0.281. The molecule has 11 nitrogen and oxygen atoms in total. The number of hydrogen-bond acceptors (Lipinski definition) is 7. The Kier molecular flexibility index (Phi) is 4.24. The number of pyridine rings is 1. The largest absolute Gasteiger partial charge is 0.390 e. The highest BCUT2D eigenvalue weighted by atomic mass is 16.3. The molecule has 33 heavy (non-hydrogen) atoms. The van der Waals surface area contributed by atoms with Crippen LogP contribution in [0.1, 0.15) is 30.1 Å². The highest BCUT2D eigenvalue weighted by Crippen LogP contribution is 2.65. The number of fused-ring (bicyclic) bond motifs is 2. The van der Waals surface area contributed by atoms with E-state index >= 15 is 0 Å². The van der Waals surface area contributed by atoms with Crippen molar-refractivity contribution < 1.29 is 9.90 Å². The Hall–Kier alpha value is -3.86. The van der Waals surface area contributed by atoms with Crippen LogP contribution in [0.2, 0.25) is 0 Å². The van der Waals surface area contributed by atoms with E-state index in [0.29, 0.717) is 29.0 Å². The normalized spacial score (nSPS) is 27.7. The number of aromatic nitrogens is 4. The number of amidine groups is 1. The predicted molar refractivity (Wildman–Crippen MR) is 120 cm³/mol. The number of carbonyl (C=O) groups excluding carboxylic acids is 1. The fraction of sp³-hybridized carbons (Fsp3) is 0.364. The first-order valence-corrected chi connectivity index (χ1v) is 10.9. The van der Waals surface area contributed by atoms with Crippen molar-refractivity contribution in [2.75, 3.05) is 5.73 Å². The summed E-state index contributed by atoms with van der Waals surface area (Å²) in [6.45, 7) is -0.116. The number of aliphatic hydroxyl groups excluding tert-OH is 1. The Balaban J connectivity index is 1.33. The lowest BCUT2D eigenvalue weighted by Crippen LogP contribution is -2.49. The Morgan fingerprint density at radius 1 is 1.33 bits per heavy atom. The van der Waals surface area contributed by atoms with E-state index in [9.17, 15) is 9.90 Å². The number of anilines is 1. The number of hydrogen-bond donors (Lipinski definition) is 4. The minimum Gasteiger partial charge on any atom is -0.390 e. The molecule has 2 saturated carbocycles. The molecule has 4 aliphatic rings. The van der Waals surface area contributed by atoms with Crippen LogP contribution < -0.4 is 11.5 Å². The number of amides is 1. The van der Waals surface area contributed by atoms with E-state index in [-0.39, 0.29) is 36.4 Å². The first-order valence-electron chi connectivity index (χ1n) is 10.9. The van der Waals surface area contributed by atoms with Crippen molar-refractivity contribution in [3.63, 3.8) is 0 Å². The number of carbonyl (C=O) groups is 1. The molecule has 5 atom stereocenters. The van der Waals surface area contributed by atoms with Gasteiger partial charge in [-0.2, -0.15) is 9.61 Å². The highest BCUT2D eigenvalue weighted by molar-refractivity contribution is 6.38. The second-order valence-corrected chi connectivity index (χ2v) is 8.92. The van der Waals surface area contributed by atoms with E-state index in [0.717, 1.165) is 36.0 Å². The molecule has 3 aromatic heterocycles. The highest BCUT2D eigenvalue weighted by Gasteiger charge is 2.69. The van der Waals surface area contributed by atoms with E-state index in [1.165, 1.54) is 0 Å². The summed E-state index contributed by atoms with van der Waals surface area (Å²) in [6, 6.07) is 5.77. The van der Waals surface area contributed by atoms with Crippen LogP contribution in [0.5, 0.6) is 0 Å². The lowest BCUT2D eigenvalue weighted by molar-refractivity contribution is -0.127. The summed E-state index contributed by atoms with van der Waals surface area (Å²) < 4.78 is 1.62. The number of nitrogens with zero attached hydrogens (tertiary/aromatic N) is 6. The third-order valence-corrected chi connectivity index (χ3v) is 7.29. The van der Waals surface area contributed by atoms with Crippen molar-refractivity contribution in [1.82, 2.24) is 24.5 Å². The number of piperidine rings is 2. The summed E-state index contributed by atoms with van der Waals surface area (Å²) in [7, 11) is 0. The van der Waals surface area contributed by atoms with Gasteiger partial charge in [0, 0.05) is 41.4 Å². The van der Waals surface area contributed by atoms with Crippen LogP contribution in [0.3, 0.4) is 0 Å². The number of nitrogen functional groups attached to an aromatic ring is 1. The number of nitrogens with two attached hydrogens (primary N) is 2. The third-order valence-electron chi connectivity index (χ3n) is 7.29. The van der Waals surface area contributed by atoms with Crippen molar-refractivity contribution in [1.29, 1.82) is 5.41 Å². The van der Waals surface area contributed by atoms with Gasteiger partial charge in [0.05, 0.1) is 24.2 Å². The quantitative estimate of drug-likeness (QED) is 0.335. The molecule has 1 amide bonds. The van der Waals surface area contributed by atoms with Gasteiger partial charge in [-0.05, 0) is 30.7 Å². The molecule has 6 N–H and O–H groups in total. The van der Waals surface area contributed by atoms with Crippen LogP contribution in [0.25, 0.3) is 16.8 Å². The summed E-state index contributed by atoms with van der Waals surface area (Å²) in [6.07, 6.45) is 5.98. The molecule has 4 bridgehead atoms. The maximum Gasteiger partial charge on any atom is 0.289 e. The van der Waals surface area contributed by atoms with Crippen molar-refractivity contribution in [2.24, 2.45) is 22.6 Å². The average molecular weight is 445 g/mol. The van der Waals surface area contributed by atoms with E-state index < -0.39 is 0 Å². The van der Waals surface area contributed by atoms with Crippen molar-refractivity contribution in [3.05, 3.63) is 42.0 Å². The minimum absolute atomic E-state index is 0.0841. The van der Waals surface area contributed by atoms with Crippen LogP contribution >= 0.6 is 0 Å². The number of nitrogens with one attached hydrogen (secondary N) is 1. The van der Waals surface area contributed by atoms with Crippen LogP contribution in [0.15, 0.2) is 35.6 Å². The summed E-state index contributed by atoms with van der Waals surface area (Å²) in [5.74, 6) is 1.05. The molecular weight excluding hydrogens is 422 g/mol.